The fourth-order valence-electron chi connectivity index (χ4n) is 3.76. The number of carbonyl (C=O) groups is 1. The van der Waals surface area contributed by atoms with E-state index in [4.69, 9.17) is 5.73 Å². The molecule has 0 unspecified atom stereocenters. The summed E-state index contributed by atoms with van der Waals surface area (Å²) in [6.07, 6.45) is 0.972. The van der Waals surface area contributed by atoms with E-state index in [-0.39, 0.29) is 36.9 Å². The lowest BCUT2D eigenvalue weighted by Gasteiger charge is -2.31. The van der Waals surface area contributed by atoms with Crippen LogP contribution in [0, 0.1) is 5.82 Å². The molecule has 4 rings (SSSR count). The van der Waals surface area contributed by atoms with E-state index in [9.17, 15) is 22.8 Å². The second kappa shape index (κ2) is 7.60. The minimum Gasteiger partial charge on any atom is -0.365 e. The molecule has 0 radical (unpaired) electrons. The van der Waals surface area contributed by atoms with Gasteiger partial charge in [-0.2, -0.15) is 0 Å². The number of rotatable bonds is 4. The standard InChI is InChI=1S/C22H20F3N3O2/c23-15-2-4-16(5-3-15)28-13-18(21(26)30)20(29)17-11-14(1-6-19(17)28)12-27-9-7-22(24,25)8-10-27/h1-6,11,13H,7-10,12H2,(H2,26,30). The highest BCUT2D eigenvalue weighted by Crippen LogP contribution is 2.28. The summed E-state index contributed by atoms with van der Waals surface area (Å²) >= 11 is 0. The summed E-state index contributed by atoms with van der Waals surface area (Å²) < 4.78 is 41.7. The number of hydrogen-bond acceptors (Lipinski definition) is 3. The number of halogens is 3. The first kappa shape index (κ1) is 20.2. The molecular formula is C22H20F3N3O2. The molecule has 2 aromatic carbocycles. The van der Waals surface area contributed by atoms with Crippen molar-refractivity contribution in [1.29, 1.82) is 0 Å². The van der Waals surface area contributed by atoms with Gasteiger partial charge in [0.2, 0.25) is 5.43 Å². The first-order chi connectivity index (χ1) is 14.2. The smallest absolute Gasteiger partial charge is 0.254 e. The Hall–Kier alpha value is -3.13. The fraction of sp³-hybridized carbons (Fsp3) is 0.273. The van der Waals surface area contributed by atoms with Gasteiger partial charge in [-0.1, -0.05) is 6.07 Å². The van der Waals surface area contributed by atoms with Crippen LogP contribution in [0.4, 0.5) is 13.2 Å². The predicted octanol–water partition coefficient (Wildman–Crippen LogP) is 3.46. The van der Waals surface area contributed by atoms with Gasteiger partial charge in [0.1, 0.15) is 11.4 Å². The van der Waals surface area contributed by atoms with Gasteiger partial charge in [0.25, 0.3) is 11.8 Å². The summed E-state index contributed by atoms with van der Waals surface area (Å²) in [6, 6.07) is 10.8. The van der Waals surface area contributed by atoms with E-state index in [1.807, 2.05) is 11.0 Å². The van der Waals surface area contributed by atoms with E-state index in [1.54, 1.807) is 16.7 Å². The van der Waals surface area contributed by atoms with Crippen molar-refractivity contribution >= 4 is 16.8 Å². The topological polar surface area (TPSA) is 68.3 Å². The molecule has 156 valence electrons. The second-order valence-corrected chi connectivity index (χ2v) is 7.57. The summed E-state index contributed by atoms with van der Waals surface area (Å²) in [6.45, 7) is 0.959. The molecule has 2 N–H and O–H groups in total. The molecule has 5 nitrogen and oxygen atoms in total. The minimum absolute atomic E-state index is 0.179. The Labute approximate surface area is 170 Å². The van der Waals surface area contributed by atoms with Gasteiger partial charge < -0.3 is 10.3 Å². The highest BCUT2D eigenvalue weighted by atomic mass is 19.3. The summed E-state index contributed by atoms with van der Waals surface area (Å²) in [5.74, 6) is -3.89. The Balaban J connectivity index is 1.77. The third-order valence-electron chi connectivity index (χ3n) is 5.43. The van der Waals surface area contributed by atoms with Crippen LogP contribution in [0.15, 0.2) is 53.5 Å². The van der Waals surface area contributed by atoms with Gasteiger partial charge in [0.05, 0.1) is 5.52 Å². The van der Waals surface area contributed by atoms with Gasteiger partial charge in [-0.05, 0) is 42.0 Å². The molecule has 1 fully saturated rings. The first-order valence-corrected chi connectivity index (χ1v) is 9.58. The lowest BCUT2D eigenvalue weighted by Crippen LogP contribution is -2.38. The molecule has 1 aliphatic heterocycles. The second-order valence-electron chi connectivity index (χ2n) is 7.57. The summed E-state index contributed by atoms with van der Waals surface area (Å²) in [7, 11) is 0. The largest absolute Gasteiger partial charge is 0.365 e. The number of alkyl halides is 2. The summed E-state index contributed by atoms with van der Waals surface area (Å²) in [5, 5.41) is 0.287. The van der Waals surface area contributed by atoms with Gasteiger partial charge in [-0.15, -0.1) is 0 Å². The number of fused-ring (bicyclic) bond motifs is 1. The number of aromatic nitrogens is 1. The van der Waals surface area contributed by atoms with Crippen LogP contribution in [0.25, 0.3) is 16.6 Å². The van der Waals surface area contributed by atoms with Crippen LogP contribution < -0.4 is 11.2 Å². The number of benzene rings is 2. The molecule has 1 aliphatic rings. The number of primary amides is 1. The highest BCUT2D eigenvalue weighted by molar-refractivity contribution is 5.96. The van der Waals surface area contributed by atoms with Crippen molar-refractivity contribution in [2.75, 3.05) is 13.1 Å². The van der Waals surface area contributed by atoms with Crippen molar-refractivity contribution in [3.63, 3.8) is 0 Å². The number of piperidine rings is 1. The fourth-order valence-corrected chi connectivity index (χ4v) is 3.76. The quantitative estimate of drug-likeness (QED) is 0.710. The van der Waals surface area contributed by atoms with Gasteiger partial charge in [-0.3, -0.25) is 14.5 Å². The highest BCUT2D eigenvalue weighted by Gasteiger charge is 2.33. The number of amides is 1. The Kier molecular flexibility index (Phi) is 5.11. The number of hydrogen-bond donors (Lipinski definition) is 1. The van der Waals surface area contributed by atoms with Crippen molar-refractivity contribution < 1.29 is 18.0 Å². The van der Waals surface area contributed by atoms with Crippen molar-refractivity contribution in [3.05, 3.63) is 75.8 Å². The van der Waals surface area contributed by atoms with Crippen molar-refractivity contribution in [2.24, 2.45) is 5.73 Å². The van der Waals surface area contributed by atoms with E-state index in [0.717, 1.165) is 5.56 Å². The van der Waals surface area contributed by atoms with Gasteiger partial charge in [0, 0.05) is 49.7 Å². The Morgan fingerprint density at radius 1 is 1.07 bits per heavy atom. The number of likely N-dealkylation sites (tertiary alicyclic amines) is 1. The normalized spacial score (nSPS) is 16.6. The lowest BCUT2D eigenvalue weighted by atomic mass is 10.0. The number of nitrogens with zero attached hydrogens (tertiary/aromatic N) is 2. The van der Waals surface area contributed by atoms with E-state index in [1.165, 1.54) is 30.5 Å². The third-order valence-corrected chi connectivity index (χ3v) is 5.43. The molecule has 30 heavy (non-hydrogen) atoms. The molecule has 0 saturated carbocycles. The van der Waals surface area contributed by atoms with Crippen molar-refractivity contribution in [3.8, 4) is 5.69 Å². The third kappa shape index (κ3) is 3.95. The maximum Gasteiger partial charge on any atom is 0.254 e. The van der Waals surface area contributed by atoms with Crippen LogP contribution in [0.5, 0.6) is 0 Å². The summed E-state index contributed by atoms with van der Waals surface area (Å²) in [4.78, 5) is 26.6. The monoisotopic (exact) mass is 415 g/mol. The zero-order valence-electron chi connectivity index (χ0n) is 16.1. The number of nitrogens with two attached hydrogens (primary N) is 1. The zero-order valence-corrected chi connectivity index (χ0v) is 16.1. The zero-order chi connectivity index (χ0) is 21.5. The van der Waals surface area contributed by atoms with Crippen LogP contribution in [0.1, 0.15) is 28.8 Å². The molecule has 1 saturated heterocycles. The number of carbonyl (C=O) groups excluding carboxylic acids is 1. The SMILES string of the molecule is NC(=O)c1cn(-c2ccc(F)cc2)c2ccc(CN3CCC(F)(F)CC3)cc2c1=O. The maximum absolute atomic E-state index is 13.4. The molecule has 0 spiro atoms. The van der Waals surface area contributed by atoms with Crippen LogP contribution in [-0.4, -0.2) is 34.4 Å². The molecule has 0 bridgehead atoms. The Bertz CT molecular complexity index is 1160. The van der Waals surface area contributed by atoms with Gasteiger partial charge >= 0.3 is 0 Å². The Morgan fingerprint density at radius 3 is 2.37 bits per heavy atom. The molecule has 0 aliphatic carbocycles. The van der Waals surface area contributed by atoms with Gasteiger partial charge in [0.15, 0.2) is 0 Å². The number of pyridine rings is 1. The van der Waals surface area contributed by atoms with E-state index >= 15 is 0 Å². The van der Waals surface area contributed by atoms with Crippen LogP contribution in [0.2, 0.25) is 0 Å². The van der Waals surface area contributed by atoms with Crippen LogP contribution in [0.3, 0.4) is 0 Å². The van der Waals surface area contributed by atoms with Crippen molar-refractivity contribution in [2.45, 2.75) is 25.3 Å². The van der Waals surface area contributed by atoms with E-state index in [2.05, 4.69) is 0 Å². The first-order valence-electron chi connectivity index (χ1n) is 9.58. The maximum atomic E-state index is 13.4. The molecule has 2 heterocycles. The van der Waals surface area contributed by atoms with E-state index < -0.39 is 23.1 Å². The Morgan fingerprint density at radius 2 is 1.73 bits per heavy atom. The van der Waals surface area contributed by atoms with Gasteiger partial charge in [-0.25, -0.2) is 13.2 Å². The summed E-state index contributed by atoms with van der Waals surface area (Å²) in [5.41, 5.74) is 6.59. The molecule has 3 aromatic rings. The molecule has 1 aromatic heterocycles. The average Bonchev–Trinajstić information content (AvgIpc) is 2.71. The molecule has 0 atom stereocenters. The van der Waals surface area contributed by atoms with E-state index in [0.29, 0.717) is 17.7 Å². The lowest BCUT2D eigenvalue weighted by molar-refractivity contribution is -0.0566. The molecular weight excluding hydrogens is 395 g/mol. The molecule has 1 amide bonds. The minimum atomic E-state index is -2.63. The van der Waals surface area contributed by atoms with Crippen LogP contribution in [-0.2, 0) is 6.54 Å². The molecule has 8 heteroatoms. The predicted molar refractivity (Wildman–Crippen MR) is 107 cm³/mol. The van der Waals surface area contributed by atoms with Crippen LogP contribution >= 0.6 is 0 Å². The average molecular weight is 415 g/mol. The van der Waals surface area contributed by atoms with Crippen molar-refractivity contribution in [1.82, 2.24) is 9.47 Å².